The third kappa shape index (κ3) is 1.43. The number of fused-ring (bicyclic) bond motifs is 3. The molecular formula is C14H12O2. The summed E-state index contributed by atoms with van der Waals surface area (Å²) in [6.07, 6.45) is -0.830. The number of ether oxygens (including phenoxy) is 1. The average molecular weight is 212 g/mol. The molecular weight excluding hydrogens is 200 g/mol. The highest BCUT2D eigenvalue weighted by Crippen LogP contribution is 2.35. The van der Waals surface area contributed by atoms with Gasteiger partial charge in [-0.15, -0.1) is 0 Å². The van der Waals surface area contributed by atoms with Gasteiger partial charge in [-0.2, -0.15) is 0 Å². The molecule has 0 fully saturated rings. The summed E-state index contributed by atoms with van der Waals surface area (Å²) in [5.41, 5.74) is 4.16. The molecule has 1 heterocycles. The van der Waals surface area contributed by atoms with Gasteiger partial charge in [0.05, 0.1) is 6.61 Å². The molecule has 1 atom stereocenters. The van der Waals surface area contributed by atoms with Crippen LogP contribution in [0.4, 0.5) is 0 Å². The van der Waals surface area contributed by atoms with Gasteiger partial charge in [0.15, 0.2) is 6.29 Å². The Balaban J connectivity index is 2.28. The van der Waals surface area contributed by atoms with E-state index in [1.54, 1.807) is 0 Å². The van der Waals surface area contributed by atoms with Crippen molar-refractivity contribution in [1.29, 1.82) is 0 Å². The molecule has 0 spiro atoms. The molecule has 2 aromatic carbocycles. The maximum absolute atomic E-state index is 9.89. The van der Waals surface area contributed by atoms with Crippen LogP contribution in [0.15, 0.2) is 48.5 Å². The van der Waals surface area contributed by atoms with Crippen LogP contribution in [0.5, 0.6) is 0 Å². The largest absolute Gasteiger partial charge is 0.364 e. The van der Waals surface area contributed by atoms with E-state index >= 15 is 0 Å². The summed E-state index contributed by atoms with van der Waals surface area (Å²) in [5.74, 6) is 0. The third-order valence-corrected chi connectivity index (χ3v) is 2.93. The van der Waals surface area contributed by atoms with Crippen LogP contribution >= 0.6 is 0 Å². The number of rotatable bonds is 0. The van der Waals surface area contributed by atoms with Crippen molar-refractivity contribution in [2.24, 2.45) is 0 Å². The summed E-state index contributed by atoms with van der Waals surface area (Å²) >= 11 is 0. The van der Waals surface area contributed by atoms with Gasteiger partial charge in [0, 0.05) is 5.56 Å². The van der Waals surface area contributed by atoms with E-state index in [9.17, 15) is 5.11 Å². The van der Waals surface area contributed by atoms with Crippen LogP contribution in [0, 0.1) is 0 Å². The predicted molar refractivity (Wildman–Crippen MR) is 61.6 cm³/mol. The van der Waals surface area contributed by atoms with Gasteiger partial charge in [-0.3, -0.25) is 0 Å². The minimum absolute atomic E-state index is 0.450. The van der Waals surface area contributed by atoms with Gasteiger partial charge in [-0.05, 0) is 16.7 Å². The molecule has 3 rings (SSSR count). The number of hydrogen-bond acceptors (Lipinski definition) is 2. The first-order valence-electron chi connectivity index (χ1n) is 5.33. The SMILES string of the molecule is OC1OCc2ccccc2-c2ccccc21. The second-order valence-electron chi connectivity index (χ2n) is 3.91. The maximum Gasteiger partial charge on any atom is 0.182 e. The van der Waals surface area contributed by atoms with Crippen molar-refractivity contribution in [3.8, 4) is 11.1 Å². The first-order chi connectivity index (χ1) is 7.86. The highest BCUT2D eigenvalue weighted by Gasteiger charge is 2.19. The molecule has 0 aliphatic carbocycles. The fraction of sp³-hybridized carbons (Fsp3) is 0.143. The van der Waals surface area contributed by atoms with Crippen molar-refractivity contribution in [3.05, 3.63) is 59.7 Å². The molecule has 2 nitrogen and oxygen atoms in total. The quantitative estimate of drug-likeness (QED) is 0.727. The zero-order valence-corrected chi connectivity index (χ0v) is 8.76. The summed E-state index contributed by atoms with van der Waals surface area (Å²) in [5, 5.41) is 9.89. The predicted octanol–water partition coefficient (Wildman–Crippen LogP) is 2.87. The summed E-state index contributed by atoms with van der Waals surface area (Å²) in [7, 11) is 0. The molecule has 0 saturated heterocycles. The maximum atomic E-state index is 9.89. The Morgan fingerprint density at radius 2 is 1.62 bits per heavy atom. The Morgan fingerprint density at radius 3 is 2.50 bits per heavy atom. The number of aliphatic hydroxyl groups is 1. The molecule has 80 valence electrons. The monoisotopic (exact) mass is 212 g/mol. The van der Waals surface area contributed by atoms with Gasteiger partial charge in [0.25, 0.3) is 0 Å². The molecule has 1 N–H and O–H groups in total. The van der Waals surface area contributed by atoms with Crippen molar-refractivity contribution >= 4 is 0 Å². The van der Waals surface area contributed by atoms with Gasteiger partial charge in [-0.1, -0.05) is 48.5 Å². The molecule has 1 aliphatic heterocycles. The fourth-order valence-corrected chi connectivity index (χ4v) is 2.13. The Kier molecular flexibility index (Phi) is 2.24. The van der Waals surface area contributed by atoms with Crippen molar-refractivity contribution in [2.45, 2.75) is 12.9 Å². The van der Waals surface area contributed by atoms with Crippen molar-refractivity contribution in [1.82, 2.24) is 0 Å². The number of benzene rings is 2. The summed E-state index contributed by atoms with van der Waals surface area (Å²) < 4.78 is 5.41. The lowest BCUT2D eigenvalue weighted by Crippen LogP contribution is -2.00. The smallest absolute Gasteiger partial charge is 0.182 e. The lowest BCUT2D eigenvalue weighted by molar-refractivity contribution is -0.110. The minimum Gasteiger partial charge on any atom is -0.364 e. The summed E-state index contributed by atoms with van der Waals surface area (Å²) in [6.45, 7) is 0.450. The summed E-state index contributed by atoms with van der Waals surface area (Å²) in [4.78, 5) is 0. The standard InChI is InChI=1S/C14H12O2/c15-14-13-8-4-3-7-12(13)11-6-2-1-5-10(11)9-16-14/h1-8,14-15H,9H2. The van der Waals surface area contributed by atoms with Crippen LogP contribution in [0.1, 0.15) is 17.4 Å². The topological polar surface area (TPSA) is 29.5 Å². The van der Waals surface area contributed by atoms with E-state index in [0.29, 0.717) is 6.61 Å². The lowest BCUT2D eigenvalue weighted by Gasteiger charge is -2.11. The van der Waals surface area contributed by atoms with Crippen molar-refractivity contribution < 1.29 is 9.84 Å². The molecule has 1 aliphatic rings. The van der Waals surface area contributed by atoms with Gasteiger partial charge < -0.3 is 9.84 Å². The zero-order valence-electron chi connectivity index (χ0n) is 8.76. The van der Waals surface area contributed by atoms with Crippen LogP contribution in [0.3, 0.4) is 0 Å². The highest BCUT2D eigenvalue weighted by molar-refractivity contribution is 5.71. The first kappa shape index (κ1) is 9.58. The first-order valence-corrected chi connectivity index (χ1v) is 5.33. The van der Waals surface area contributed by atoms with E-state index in [1.807, 2.05) is 42.5 Å². The minimum atomic E-state index is -0.830. The molecule has 2 aromatic rings. The molecule has 0 amide bonds. The molecule has 0 aromatic heterocycles. The van der Waals surface area contributed by atoms with Crippen LogP contribution in [0.2, 0.25) is 0 Å². The lowest BCUT2D eigenvalue weighted by atomic mass is 9.96. The molecule has 0 saturated carbocycles. The van der Waals surface area contributed by atoms with Crippen LogP contribution in [0.25, 0.3) is 11.1 Å². The van der Waals surface area contributed by atoms with Crippen molar-refractivity contribution in [3.63, 3.8) is 0 Å². The van der Waals surface area contributed by atoms with E-state index in [-0.39, 0.29) is 0 Å². The zero-order chi connectivity index (χ0) is 11.0. The van der Waals surface area contributed by atoms with Crippen molar-refractivity contribution in [2.75, 3.05) is 0 Å². The number of aliphatic hydroxyl groups excluding tert-OH is 1. The van der Waals surface area contributed by atoms with Crippen LogP contribution in [-0.4, -0.2) is 5.11 Å². The normalized spacial score (nSPS) is 18.4. The Labute approximate surface area is 94.1 Å². The second kappa shape index (κ2) is 3.74. The Bertz CT molecular complexity index is 520. The van der Waals surface area contributed by atoms with Gasteiger partial charge in [0.1, 0.15) is 0 Å². The van der Waals surface area contributed by atoms with Crippen LogP contribution in [-0.2, 0) is 11.3 Å². The number of hydrogen-bond donors (Lipinski definition) is 1. The Morgan fingerprint density at radius 1 is 0.938 bits per heavy atom. The van der Waals surface area contributed by atoms with E-state index in [0.717, 1.165) is 22.3 Å². The van der Waals surface area contributed by atoms with Gasteiger partial charge in [0.2, 0.25) is 0 Å². The van der Waals surface area contributed by atoms with Gasteiger partial charge in [-0.25, -0.2) is 0 Å². The van der Waals surface area contributed by atoms with E-state index in [1.165, 1.54) is 0 Å². The average Bonchev–Trinajstić information content (AvgIpc) is 2.49. The highest BCUT2D eigenvalue weighted by atomic mass is 16.6. The molecule has 0 bridgehead atoms. The van der Waals surface area contributed by atoms with Gasteiger partial charge >= 0.3 is 0 Å². The van der Waals surface area contributed by atoms with Crippen LogP contribution < -0.4 is 0 Å². The fourth-order valence-electron chi connectivity index (χ4n) is 2.13. The van der Waals surface area contributed by atoms with E-state index in [4.69, 9.17) is 4.74 Å². The Hall–Kier alpha value is -1.64. The van der Waals surface area contributed by atoms with E-state index in [2.05, 4.69) is 6.07 Å². The molecule has 2 heteroatoms. The molecule has 16 heavy (non-hydrogen) atoms. The third-order valence-electron chi connectivity index (χ3n) is 2.93. The summed E-state index contributed by atoms with van der Waals surface area (Å²) in [6, 6.07) is 15.9. The second-order valence-corrected chi connectivity index (χ2v) is 3.91. The van der Waals surface area contributed by atoms with E-state index < -0.39 is 6.29 Å². The molecule has 0 radical (unpaired) electrons. The molecule has 1 unspecified atom stereocenters.